The third-order valence-electron chi connectivity index (χ3n) is 2.41. The molecule has 2 heterocycles. The van der Waals surface area contributed by atoms with Crippen LogP contribution in [0.25, 0.3) is 0 Å². The number of hydrogen-bond donors (Lipinski definition) is 2. The molecule has 5 heteroatoms. The van der Waals surface area contributed by atoms with Crippen molar-refractivity contribution in [2.24, 2.45) is 0 Å². The SMILES string of the molecule is CCCN1Cc2nc(N)[nH]c(=O)c2C1. The molecule has 3 N–H and O–H groups in total. The normalized spacial score (nSPS) is 15.8. The average molecular weight is 194 g/mol. The van der Waals surface area contributed by atoms with Crippen LogP contribution in [0.1, 0.15) is 24.6 Å². The van der Waals surface area contributed by atoms with Crippen molar-refractivity contribution in [3.8, 4) is 0 Å². The lowest BCUT2D eigenvalue weighted by atomic mass is 10.3. The van der Waals surface area contributed by atoms with Gasteiger partial charge in [0.2, 0.25) is 5.95 Å². The van der Waals surface area contributed by atoms with Crippen molar-refractivity contribution in [3.05, 3.63) is 21.6 Å². The molecule has 76 valence electrons. The molecule has 0 aromatic carbocycles. The predicted octanol–water partition coefficient (Wildman–Crippen LogP) is 0.0777. The maximum atomic E-state index is 11.5. The van der Waals surface area contributed by atoms with E-state index in [0.29, 0.717) is 6.54 Å². The summed E-state index contributed by atoms with van der Waals surface area (Å²) >= 11 is 0. The van der Waals surface area contributed by atoms with Gasteiger partial charge in [0.15, 0.2) is 0 Å². The Morgan fingerprint density at radius 3 is 3.07 bits per heavy atom. The molecule has 0 bridgehead atoms. The van der Waals surface area contributed by atoms with Gasteiger partial charge in [-0.05, 0) is 13.0 Å². The van der Waals surface area contributed by atoms with Gasteiger partial charge in [-0.25, -0.2) is 4.98 Å². The van der Waals surface area contributed by atoms with Crippen LogP contribution in [-0.4, -0.2) is 21.4 Å². The molecule has 0 spiro atoms. The highest BCUT2D eigenvalue weighted by Crippen LogP contribution is 2.17. The number of nitrogens with zero attached hydrogens (tertiary/aromatic N) is 2. The quantitative estimate of drug-likeness (QED) is 0.699. The number of hydrogen-bond acceptors (Lipinski definition) is 4. The Labute approximate surface area is 82.0 Å². The van der Waals surface area contributed by atoms with Crippen molar-refractivity contribution in [2.45, 2.75) is 26.4 Å². The summed E-state index contributed by atoms with van der Waals surface area (Å²) in [6.07, 6.45) is 1.08. The highest BCUT2D eigenvalue weighted by Gasteiger charge is 2.22. The van der Waals surface area contributed by atoms with Crippen LogP contribution < -0.4 is 11.3 Å². The number of H-pyrrole nitrogens is 1. The standard InChI is InChI=1S/C9H14N4O/c1-2-3-13-4-6-7(5-13)11-9(10)12-8(6)14/h2-5H2,1H3,(H3,10,11,12,14). The van der Waals surface area contributed by atoms with Crippen LogP contribution in [0.2, 0.25) is 0 Å². The fourth-order valence-electron chi connectivity index (χ4n) is 1.82. The summed E-state index contributed by atoms with van der Waals surface area (Å²) in [6, 6.07) is 0. The molecule has 14 heavy (non-hydrogen) atoms. The van der Waals surface area contributed by atoms with Crippen molar-refractivity contribution >= 4 is 5.95 Å². The molecule has 2 rings (SSSR count). The average Bonchev–Trinajstić information content (AvgIpc) is 2.48. The lowest BCUT2D eigenvalue weighted by molar-refractivity contribution is 0.283. The van der Waals surface area contributed by atoms with Gasteiger partial charge in [-0.2, -0.15) is 0 Å². The third kappa shape index (κ3) is 1.50. The summed E-state index contributed by atoms with van der Waals surface area (Å²) in [4.78, 5) is 20.3. The number of nitrogens with two attached hydrogens (primary N) is 1. The molecular formula is C9H14N4O. The first kappa shape index (κ1) is 9.21. The Morgan fingerprint density at radius 2 is 2.36 bits per heavy atom. The van der Waals surface area contributed by atoms with Gasteiger partial charge in [0.1, 0.15) is 0 Å². The number of aromatic nitrogens is 2. The first-order valence-electron chi connectivity index (χ1n) is 4.80. The lowest BCUT2D eigenvalue weighted by Gasteiger charge is -2.11. The zero-order valence-electron chi connectivity index (χ0n) is 8.21. The molecule has 0 saturated heterocycles. The van der Waals surface area contributed by atoms with Gasteiger partial charge < -0.3 is 5.73 Å². The monoisotopic (exact) mass is 194 g/mol. The summed E-state index contributed by atoms with van der Waals surface area (Å²) in [5, 5.41) is 0. The van der Waals surface area contributed by atoms with Crippen LogP contribution >= 0.6 is 0 Å². The van der Waals surface area contributed by atoms with E-state index in [1.54, 1.807) is 0 Å². The molecule has 0 fully saturated rings. The molecular weight excluding hydrogens is 180 g/mol. The van der Waals surface area contributed by atoms with Crippen LogP contribution in [0.3, 0.4) is 0 Å². The van der Waals surface area contributed by atoms with Crippen LogP contribution in [0.4, 0.5) is 5.95 Å². The van der Waals surface area contributed by atoms with E-state index in [1.807, 2.05) is 0 Å². The Bertz CT molecular complexity index is 398. The largest absolute Gasteiger partial charge is 0.369 e. The van der Waals surface area contributed by atoms with Crippen LogP contribution in [-0.2, 0) is 13.1 Å². The van der Waals surface area contributed by atoms with Crippen LogP contribution in [0.5, 0.6) is 0 Å². The molecule has 0 atom stereocenters. The van der Waals surface area contributed by atoms with Crippen LogP contribution in [0, 0.1) is 0 Å². The topological polar surface area (TPSA) is 75.0 Å². The number of anilines is 1. The van der Waals surface area contributed by atoms with E-state index in [-0.39, 0.29) is 11.5 Å². The Kier molecular flexibility index (Phi) is 2.25. The number of nitrogen functional groups attached to an aromatic ring is 1. The van der Waals surface area contributed by atoms with E-state index >= 15 is 0 Å². The van der Waals surface area contributed by atoms with E-state index in [4.69, 9.17) is 5.73 Å². The van der Waals surface area contributed by atoms with Crippen molar-refractivity contribution in [1.82, 2.24) is 14.9 Å². The van der Waals surface area contributed by atoms with Gasteiger partial charge in [0.05, 0.1) is 11.3 Å². The lowest BCUT2D eigenvalue weighted by Crippen LogP contribution is -2.19. The molecule has 0 unspecified atom stereocenters. The Hall–Kier alpha value is -1.36. The van der Waals surface area contributed by atoms with Gasteiger partial charge in [-0.15, -0.1) is 0 Å². The van der Waals surface area contributed by atoms with Gasteiger partial charge in [0.25, 0.3) is 5.56 Å². The molecule has 0 amide bonds. The number of aromatic amines is 1. The molecule has 0 radical (unpaired) electrons. The van der Waals surface area contributed by atoms with Gasteiger partial charge in [0, 0.05) is 13.1 Å². The second-order valence-electron chi connectivity index (χ2n) is 3.59. The molecule has 1 aliphatic rings. The minimum atomic E-state index is -0.0916. The fourth-order valence-corrected chi connectivity index (χ4v) is 1.82. The summed E-state index contributed by atoms with van der Waals surface area (Å²) in [7, 11) is 0. The van der Waals surface area contributed by atoms with Crippen molar-refractivity contribution in [2.75, 3.05) is 12.3 Å². The smallest absolute Gasteiger partial charge is 0.257 e. The van der Waals surface area contributed by atoms with E-state index in [2.05, 4.69) is 21.8 Å². The molecule has 1 aromatic heterocycles. The molecule has 0 saturated carbocycles. The minimum Gasteiger partial charge on any atom is -0.369 e. The molecule has 0 aliphatic carbocycles. The summed E-state index contributed by atoms with van der Waals surface area (Å²) in [5.74, 6) is 0.215. The van der Waals surface area contributed by atoms with Gasteiger partial charge >= 0.3 is 0 Å². The van der Waals surface area contributed by atoms with Crippen molar-refractivity contribution in [1.29, 1.82) is 0 Å². The minimum absolute atomic E-state index is 0.0916. The summed E-state index contributed by atoms with van der Waals surface area (Å²) in [6.45, 7) is 4.56. The van der Waals surface area contributed by atoms with E-state index < -0.39 is 0 Å². The summed E-state index contributed by atoms with van der Waals surface area (Å²) < 4.78 is 0. The van der Waals surface area contributed by atoms with Crippen molar-refractivity contribution in [3.63, 3.8) is 0 Å². The van der Waals surface area contributed by atoms with E-state index in [1.165, 1.54) is 0 Å². The van der Waals surface area contributed by atoms with E-state index in [0.717, 1.165) is 30.8 Å². The Balaban J connectivity index is 2.31. The van der Waals surface area contributed by atoms with Crippen molar-refractivity contribution < 1.29 is 0 Å². The van der Waals surface area contributed by atoms with Gasteiger partial charge in [-0.1, -0.05) is 6.92 Å². The molecule has 1 aromatic rings. The number of fused-ring (bicyclic) bond motifs is 1. The van der Waals surface area contributed by atoms with Crippen LogP contribution in [0.15, 0.2) is 4.79 Å². The number of nitrogens with one attached hydrogen (secondary N) is 1. The highest BCUT2D eigenvalue weighted by molar-refractivity contribution is 5.27. The van der Waals surface area contributed by atoms with Gasteiger partial charge in [-0.3, -0.25) is 14.7 Å². The zero-order valence-corrected chi connectivity index (χ0v) is 8.21. The zero-order chi connectivity index (χ0) is 10.1. The predicted molar refractivity (Wildman–Crippen MR) is 53.7 cm³/mol. The summed E-state index contributed by atoms with van der Waals surface area (Å²) in [5.41, 5.74) is 6.98. The maximum Gasteiger partial charge on any atom is 0.257 e. The second-order valence-corrected chi connectivity index (χ2v) is 3.59. The Morgan fingerprint density at radius 1 is 1.57 bits per heavy atom. The maximum absolute atomic E-state index is 11.5. The first-order chi connectivity index (χ1) is 6.70. The fraction of sp³-hybridized carbons (Fsp3) is 0.556. The third-order valence-corrected chi connectivity index (χ3v) is 2.41. The molecule has 1 aliphatic heterocycles. The first-order valence-corrected chi connectivity index (χ1v) is 4.80. The molecule has 5 nitrogen and oxygen atoms in total. The second kappa shape index (κ2) is 3.42. The number of rotatable bonds is 2. The highest BCUT2D eigenvalue weighted by atomic mass is 16.1. The van der Waals surface area contributed by atoms with E-state index in [9.17, 15) is 4.79 Å².